The third kappa shape index (κ3) is 5.96. The zero-order valence-electron chi connectivity index (χ0n) is 20.4. The predicted octanol–water partition coefficient (Wildman–Crippen LogP) is 7.65. The third-order valence-electron chi connectivity index (χ3n) is 6.86. The lowest BCUT2D eigenvalue weighted by Gasteiger charge is -2.28. The number of aromatic nitrogens is 3. The van der Waals surface area contributed by atoms with E-state index in [1.54, 1.807) is 18.2 Å². The molecule has 0 spiro atoms. The van der Waals surface area contributed by atoms with Crippen LogP contribution in [0.5, 0.6) is 5.75 Å². The first kappa shape index (κ1) is 26.5. The second-order valence-corrected chi connectivity index (χ2v) is 10.9. The van der Waals surface area contributed by atoms with Crippen LogP contribution in [0.2, 0.25) is 5.02 Å². The number of H-pyrrole nitrogens is 1. The number of halogens is 4. The van der Waals surface area contributed by atoms with Crippen molar-refractivity contribution in [2.45, 2.75) is 57.2 Å². The van der Waals surface area contributed by atoms with E-state index in [9.17, 15) is 18.0 Å². The van der Waals surface area contributed by atoms with Gasteiger partial charge in [-0.1, -0.05) is 47.1 Å². The summed E-state index contributed by atoms with van der Waals surface area (Å²) in [5.74, 6) is -1.15. The minimum Gasteiger partial charge on any atom is -0.484 e. The summed E-state index contributed by atoms with van der Waals surface area (Å²) in [4.78, 5) is 19.5. The number of aryl methyl sites for hydroxylation is 1. The van der Waals surface area contributed by atoms with Gasteiger partial charge in [0.05, 0.1) is 26.5 Å². The summed E-state index contributed by atoms with van der Waals surface area (Å²) in [6.45, 7) is 1.91. The molecule has 0 aliphatic heterocycles. The molecule has 2 aromatic heterocycles. The highest BCUT2D eigenvalue weighted by Crippen LogP contribution is 2.45. The average molecular weight is 564 g/mol. The lowest BCUT2D eigenvalue weighted by Crippen LogP contribution is -2.27. The van der Waals surface area contributed by atoms with Crippen LogP contribution >= 0.6 is 22.9 Å². The van der Waals surface area contributed by atoms with Gasteiger partial charge in [0.15, 0.2) is 5.82 Å². The largest absolute Gasteiger partial charge is 0.484 e. The summed E-state index contributed by atoms with van der Waals surface area (Å²) in [6.07, 6.45) is -2.74. The van der Waals surface area contributed by atoms with E-state index in [2.05, 4.69) is 14.7 Å². The maximum atomic E-state index is 13.1. The molecule has 0 saturated heterocycles. The highest BCUT2D eigenvalue weighted by molar-refractivity contribution is 7.11. The van der Waals surface area contributed by atoms with Crippen molar-refractivity contribution in [3.8, 4) is 17.1 Å². The van der Waals surface area contributed by atoms with Gasteiger partial charge in [-0.3, -0.25) is 9.51 Å². The molecule has 6 nitrogen and oxygen atoms in total. The van der Waals surface area contributed by atoms with Crippen molar-refractivity contribution in [2.24, 2.45) is 5.92 Å². The number of aromatic amines is 1. The number of benzene rings is 2. The molecule has 1 atom stereocenters. The highest BCUT2D eigenvalue weighted by atomic mass is 35.5. The molecule has 1 aliphatic carbocycles. The lowest BCUT2D eigenvalue weighted by molar-refractivity contribution is -0.182. The summed E-state index contributed by atoms with van der Waals surface area (Å²) < 4.78 is 50.5. The van der Waals surface area contributed by atoms with Gasteiger partial charge in [0.25, 0.3) is 0 Å². The Kier molecular flexibility index (Phi) is 7.63. The molecular weight excluding hydrogens is 539 g/mol. The van der Waals surface area contributed by atoms with Gasteiger partial charge in [-0.05, 0) is 56.4 Å². The molecule has 1 N–H and O–H groups in total. The zero-order chi connectivity index (χ0) is 26.9. The minimum absolute atomic E-state index is 0.0155. The summed E-state index contributed by atoms with van der Waals surface area (Å²) in [6, 6.07) is 15.0. The van der Waals surface area contributed by atoms with Gasteiger partial charge in [-0.15, -0.1) is 11.3 Å². The Morgan fingerprint density at radius 2 is 1.89 bits per heavy atom. The van der Waals surface area contributed by atoms with Crippen molar-refractivity contribution in [3.05, 3.63) is 85.2 Å². The average Bonchev–Trinajstić information content (AvgIpc) is 3.49. The number of alkyl halides is 3. The summed E-state index contributed by atoms with van der Waals surface area (Å²) in [5, 5.41) is 4.87. The van der Waals surface area contributed by atoms with Gasteiger partial charge in [-0.2, -0.15) is 13.2 Å². The van der Waals surface area contributed by atoms with E-state index in [-0.39, 0.29) is 30.7 Å². The number of rotatable bonds is 7. The molecule has 1 fully saturated rings. The minimum atomic E-state index is -4.14. The number of ether oxygens (including phenoxy) is 1. The van der Waals surface area contributed by atoms with Crippen molar-refractivity contribution in [1.29, 1.82) is 0 Å². The molecular formula is C27H25ClF3N3O3S. The summed E-state index contributed by atoms with van der Waals surface area (Å²) >= 11 is 7.99. The second-order valence-electron chi connectivity index (χ2n) is 9.47. The van der Waals surface area contributed by atoms with Crippen LogP contribution in [0, 0.1) is 12.8 Å². The Bertz CT molecular complexity index is 1440. The standard InChI is InChI=1S/C27H25ClF3N3O3S/c1-15-23(38-25(32-15)17-7-9-18(10-8-17)27(29,30)31)22(13-16-5-3-2-4-6-16)36-19-11-12-20(21(28)14-19)24-33-26(35)37-34-24/h2-6,11-12,14,17-18,22H,7-10,13H2,1H3,(H,33,34,35)/t17-,18-,22?. The van der Waals surface area contributed by atoms with E-state index in [1.165, 1.54) is 11.3 Å². The van der Waals surface area contributed by atoms with E-state index >= 15 is 0 Å². The fraction of sp³-hybridized carbons (Fsp3) is 0.370. The molecule has 1 unspecified atom stereocenters. The fourth-order valence-corrected chi connectivity index (χ4v) is 6.38. The van der Waals surface area contributed by atoms with Gasteiger partial charge in [-0.25, -0.2) is 9.78 Å². The van der Waals surface area contributed by atoms with Crippen molar-refractivity contribution < 1.29 is 22.4 Å². The monoisotopic (exact) mass is 563 g/mol. The smallest absolute Gasteiger partial charge is 0.439 e. The van der Waals surface area contributed by atoms with Crippen LogP contribution in [-0.2, 0) is 6.42 Å². The molecule has 38 heavy (non-hydrogen) atoms. The Hall–Kier alpha value is -3.11. The number of nitrogens with zero attached hydrogens (tertiary/aromatic N) is 2. The second kappa shape index (κ2) is 10.9. The Morgan fingerprint density at radius 3 is 2.53 bits per heavy atom. The number of hydrogen-bond donors (Lipinski definition) is 1. The van der Waals surface area contributed by atoms with E-state index in [4.69, 9.17) is 21.3 Å². The topological polar surface area (TPSA) is 81.0 Å². The van der Waals surface area contributed by atoms with E-state index in [0.29, 0.717) is 35.6 Å². The quantitative estimate of drug-likeness (QED) is 0.250. The van der Waals surface area contributed by atoms with Crippen LogP contribution in [0.25, 0.3) is 11.4 Å². The predicted molar refractivity (Wildman–Crippen MR) is 139 cm³/mol. The molecule has 0 radical (unpaired) electrons. The van der Waals surface area contributed by atoms with Gasteiger partial charge in [0.1, 0.15) is 11.9 Å². The highest BCUT2D eigenvalue weighted by Gasteiger charge is 2.42. The molecule has 2 aromatic carbocycles. The van der Waals surface area contributed by atoms with Gasteiger partial charge in [0, 0.05) is 17.9 Å². The molecule has 1 aliphatic rings. The van der Waals surface area contributed by atoms with Crippen LogP contribution in [0.4, 0.5) is 13.2 Å². The normalized spacial score (nSPS) is 18.9. The summed E-state index contributed by atoms with van der Waals surface area (Å²) in [7, 11) is 0. The lowest BCUT2D eigenvalue weighted by atomic mass is 9.82. The SMILES string of the molecule is Cc1nc([C@H]2CC[C@H](C(F)(F)F)CC2)sc1C(Cc1ccccc1)Oc1ccc(-c2noc(=O)[nH]2)c(Cl)c1. The van der Waals surface area contributed by atoms with Crippen molar-refractivity contribution in [2.75, 3.05) is 0 Å². The first-order valence-electron chi connectivity index (χ1n) is 12.3. The first-order valence-corrected chi connectivity index (χ1v) is 13.5. The molecule has 2 heterocycles. The number of hydrogen-bond acceptors (Lipinski definition) is 6. The number of nitrogens with one attached hydrogen (secondary N) is 1. The van der Waals surface area contributed by atoms with Crippen LogP contribution in [0.15, 0.2) is 57.8 Å². The van der Waals surface area contributed by atoms with E-state index in [1.807, 2.05) is 37.3 Å². The molecule has 4 aromatic rings. The van der Waals surface area contributed by atoms with Gasteiger partial charge >= 0.3 is 11.9 Å². The number of thiazole rings is 1. The molecule has 11 heteroatoms. The Balaban J connectivity index is 1.40. The molecule has 1 saturated carbocycles. The molecule has 0 amide bonds. The van der Waals surface area contributed by atoms with Crippen LogP contribution < -0.4 is 10.5 Å². The van der Waals surface area contributed by atoms with Crippen molar-refractivity contribution in [3.63, 3.8) is 0 Å². The first-order chi connectivity index (χ1) is 18.2. The zero-order valence-corrected chi connectivity index (χ0v) is 22.0. The molecule has 5 rings (SSSR count). The van der Waals surface area contributed by atoms with E-state index in [0.717, 1.165) is 21.1 Å². The van der Waals surface area contributed by atoms with Crippen LogP contribution in [-0.4, -0.2) is 21.3 Å². The van der Waals surface area contributed by atoms with Crippen LogP contribution in [0.1, 0.15) is 58.8 Å². The van der Waals surface area contributed by atoms with E-state index < -0.39 is 17.9 Å². The maximum Gasteiger partial charge on any atom is 0.439 e. The molecule has 200 valence electrons. The van der Waals surface area contributed by atoms with Gasteiger partial charge < -0.3 is 4.74 Å². The molecule has 0 bridgehead atoms. The maximum absolute atomic E-state index is 13.1. The summed E-state index contributed by atoms with van der Waals surface area (Å²) in [5.41, 5.74) is 2.38. The van der Waals surface area contributed by atoms with Crippen LogP contribution in [0.3, 0.4) is 0 Å². The Labute approximate surface area is 225 Å². The van der Waals surface area contributed by atoms with Gasteiger partial charge in [0.2, 0.25) is 0 Å². The van der Waals surface area contributed by atoms with Crippen molar-refractivity contribution >= 4 is 22.9 Å². The van der Waals surface area contributed by atoms with Crippen molar-refractivity contribution in [1.82, 2.24) is 15.1 Å². The Morgan fingerprint density at radius 1 is 1.16 bits per heavy atom. The fourth-order valence-electron chi connectivity index (χ4n) is 4.86. The third-order valence-corrected chi connectivity index (χ3v) is 8.58.